The third-order valence-corrected chi connectivity index (χ3v) is 5.29. The Morgan fingerprint density at radius 1 is 0.857 bits per heavy atom. The second kappa shape index (κ2) is 9.93. The zero-order chi connectivity index (χ0) is 25.1. The van der Waals surface area contributed by atoms with E-state index in [1.165, 1.54) is 19.1 Å². The summed E-state index contributed by atoms with van der Waals surface area (Å²) in [7, 11) is 0. The summed E-state index contributed by atoms with van der Waals surface area (Å²) in [5, 5.41) is 0. The van der Waals surface area contributed by atoms with Crippen molar-refractivity contribution in [2.24, 2.45) is 0 Å². The molecule has 0 fully saturated rings. The summed E-state index contributed by atoms with van der Waals surface area (Å²) >= 11 is 0. The molecule has 0 bridgehead atoms. The zero-order valence-electron chi connectivity index (χ0n) is 20.2. The monoisotopic (exact) mass is 480 g/mol. The highest BCUT2D eigenvalue weighted by molar-refractivity contribution is 5.88. The SMILES string of the molecule is CCOC(=O)C=Cc1ccc2c(c1)OC(C)(OC(=O)C=Cc1ccc3c(c1)OC(C)(C)OC3)OC2. The summed E-state index contributed by atoms with van der Waals surface area (Å²) < 4.78 is 33.3. The quantitative estimate of drug-likeness (QED) is 0.432. The smallest absolute Gasteiger partial charge is 0.371 e. The van der Waals surface area contributed by atoms with Gasteiger partial charge < -0.3 is 28.4 Å². The number of rotatable bonds is 6. The fourth-order valence-corrected chi connectivity index (χ4v) is 3.55. The average molecular weight is 481 g/mol. The molecule has 2 aliphatic rings. The summed E-state index contributed by atoms with van der Waals surface area (Å²) in [4.78, 5) is 24.1. The van der Waals surface area contributed by atoms with Crippen LogP contribution in [-0.2, 0) is 41.8 Å². The van der Waals surface area contributed by atoms with Crippen molar-refractivity contribution in [3.8, 4) is 11.5 Å². The van der Waals surface area contributed by atoms with Crippen molar-refractivity contribution < 1.29 is 38.0 Å². The lowest BCUT2D eigenvalue weighted by Crippen LogP contribution is -2.43. The van der Waals surface area contributed by atoms with Gasteiger partial charge in [0.1, 0.15) is 11.5 Å². The van der Waals surface area contributed by atoms with Gasteiger partial charge in [-0.15, -0.1) is 0 Å². The molecule has 0 saturated heterocycles. The van der Waals surface area contributed by atoms with Crippen LogP contribution in [0.5, 0.6) is 11.5 Å². The van der Waals surface area contributed by atoms with Crippen molar-refractivity contribution in [3.63, 3.8) is 0 Å². The third kappa shape index (κ3) is 6.29. The molecule has 2 aromatic carbocycles. The Morgan fingerprint density at radius 3 is 2.06 bits per heavy atom. The van der Waals surface area contributed by atoms with E-state index in [0.717, 1.165) is 22.3 Å². The summed E-state index contributed by atoms with van der Waals surface area (Å²) in [6, 6.07) is 11.0. The van der Waals surface area contributed by atoms with E-state index in [9.17, 15) is 9.59 Å². The Hall–Kier alpha value is -3.62. The van der Waals surface area contributed by atoms with E-state index in [1.54, 1.807) is 25.1 Å². The second-order valence-electron chi connectivity index (χ2n) is 8.62. The van der Waals surface area contributed by atoms with Gasteiger partial charge in [-0.25, -0.2) is 9.59 Å². The Bertz CT molecular complexity index is 1180. The van der Waals surface area contributed by atoms with E-state index in [4.69, 9.17) is 28.4 Å². The van der Waals surface area contributed by atoms with Gasteiger partial charge in [0.05, 0.1) is 19.8 Å². The summed E-state index contributed by atoms with van der Waals surface area (Å²) in [5.74, 6) is -2.15. The molecule has 1 atom stereocenters. The van der Waals surface area contributed by atoms with Crippen LogP contribution in [-0.4, -0.2) is 30.3 Å². The molecule has 0 aromatic heterocycles. The molecule has 0 aliphatic carbocycles. The van der Waals surface area contributed by atoms with Crippen molar-refractivity contribution in [3.05, 3.63) is 70.8 Å². The van der Waals surface area contributed by atoms with Gasteiger partial charge in [0.15, 0.2) is 0 Å². The predicted molar refractivity (Wildman–Crippen MR) is 127 cm³/mol. The fourth-order valence-electron chi connectivity index (χ4n) is 3.55. The minimum Gasteiger partial charge on any atom is -0.463 e. The highest BCUT2D eigenvalue weighted by Crippen LogP contribution is 2.34. The van der Waals surface area contributed by atoms with Crippen LogP contribution in [0.4, 0.5) is 0 Å². The maximum absolute atomic E-state index is 12.5. The molecule has 0 N–H and O–H groups in total. The van der Waals surface area contributed by atoms with Crippen LogP contribution < -0.4 is 9.47 Å². The molecule has 1 unspecified atom stereocenters. The topological polar surface area (TPSA) is 89.5 Å². The molecule has 2 heterocycles. The van der Waals surface area contributed by atoms with Gasteiger partial charge in [0.25, 0.3) is 0 Å². The van der Waals surface area contributed by atoms with Crippen molar-refractivity contribution in [1.82, 2.24) is 0 Å². The Labute approximate surface area is 204 Å². The van der Waals surface area contributed by atoms with Crippen molar-refractivity contribution in [2.45, 2.75) is 52.7 Å². The molecule has 8 heteroatoms. The van der Waals surface area contributed by atoms with Crippen LogP contribution in [0.3, 0.4) is 0 Å². The predicted octanol–water partition coefficient (Wildman–Crippen LogP) is 4.75. The molecule has 0 saturated carbocycles. The van der Waals surface area contributed by atoms with Crippen LogP contribution in [0.2, 0.25) is 0 Å². The molecule has 4 rings (SSSR count). The molecule has 35 heavy (non-hydrogen) atoms. The molecular weight excluding hydrogens is 452 g/mol. The lowest BCUT2D eigenvalue weighted by atomic mass is 10.1. The number of carbonyl (C=O) groups excluding carboxylic acids is 2. The van der Waals surface area contributed by atoms with Gasteiger partial charge in [-0.2, -0.15) is 0 Å². The van der Waals surface area contributed by atoms with E-state index >= 15 is 0 Å². The van der Waals surface area contributed by atoms with Gasteiger partial charge >= 0.3 is 17.9 Å². The van der Waals surface area contributed by atoms with Crippen molar-refractivity contribution in [2.75, 3.05) is 6.61 Å². The van der Waals surface area contributed by atoms with Gasteiger partial charge in [-0.3, -0.25) is 0 Å². The minimum atomic E-state index is -1.60. The Balaban J connectivity index is 1.40. The maximum atomic E-state index is 12.5. The van der Waals surface area contributed by atoms with Crippen LogP contribution in [0.15, 0.2) is 48.6 Å². The fraction of sp³-hybridized carbons (Fsp3) is 0.333. The maximum Gasteiger partial charge on any atom is 0.371 e. The summed E-state index contributed by atoms with van der Waals surface area (Å²) in [6.45, 7) is 7.93. The summed E-state index contributed by atoms with van der Waals surface area (Å²) in [5.41, 5.74) is 3.24. The molecular formula is C27H28O8. The van der Waals surface area contributed by atoms with Crippen LogP contribution in [0.25, 0.3) is 12.2 Å². The van der Waals surface area contributed by atoms with E-state index in [2.05, 4.69) is 0 Å². The molecule has 2 aromatic rings. The molecule has 8 nitrogen and oxygen atoms in total. The van der Waals surface area contributed by atoms with Gasteiger partial charge in [0.2, 0.25) is 5.79 Å². The first-order valence-electron chi connectivity index (χ1n) is 11.3. The lowest BCUT2D eigenvalue weighted by Gasteiger charge is -2.34. The summed E-state index contributed by atoms with van der Waals surface area (Å²) in [6.07, 6.45) is 5.90. The minimum absolute atomic E-state index is 0.199. The molecule has 2 aliphatic heterocycles. The Kier molecular flexibility index (Phi) is 6.95. The van der Waals surface area contributed by atoms with E-state index in [-0.39, 0.29) is 6.61 Å². The molecule has 0 radical (unpaired) electrons. The van der Waals surface area contributed by atoms with Gasteiger partial charge in [-0.1, -0.05) is 24.3 Å². The first-order chi connectivity index (χ1) is 16.6. The van der Waals surface area contributed by atoms with Crippen LogP contribution in [0.1, 0.15) is 49.9 Å². The highest BCUT2D eigenvalue weighted by Gasteiger charge is 2.36. The second-order valence-corrected chi connectivity index (χ2v) is 8.62. The normalized spacial score (nSPS) is 20.5. The first-order valence-corrected chi connectivity index (χ1v) is 11.3. The van der Waals surface area contributed by atoms with Gasteiger partial charge in [-0.05, 0) is 42.3 Å². The van der Waals surface area contributed by atoms with E-state index in [0.29, 0.717) is 24.7 Å². The number of esters is 2. The molecule has 0 amide bonds. The van der Waals surface area contributed by atoms with E-state index in [1.807, 2.05) is 44.2 Å². The number of ether oxygens (including phenoxy) is 6. The largest absolute Gasteiger partial charge is 0.463 e. The van der Waals surface area contributed by atoms with E-state index < -0.39 is 23.7 Å². The van der Waals surface area contributed by atoms with Crippen molar-refractivity contribution in [1.29, 1.82) is 0 Å². The lowest BCUT2D eigenvalue weighted by molar-refractivity contribution is -0.327. The average Bonchev–Trinajstić information content (AvgIpc) is 2.80. The molecule has 0 spiro atoms. The highest BCUT2D eigenvalue weighted by atomic mass is 16.9. The first kappa shape index (κ1) is 24.5. The number of carbonyl (C=O) groups is 2. The van der Waals surface area contributed by atoms with Crippen LogP contribution in [0, 0.1) is 0 Å². The number of fused-ring (bicyclic) bond motifs is 2. The Morgan fingerprint density at radius 2 is 1.43 bits per heavy atom. The number of hydrogen-bond donors (Lipinski definition) is 0. The number of benzene rings is 2. The molecule has 184 valence electrons. The standard InChI is InChI=1S/C27H28O8/c1-5-30-24(28)12-8-18-7-11-21-17-32-27(4,34-23(21)15-18)35-25(29)13-9-19-6-10-20-16-31-26(2,3)33-22(20)14-19/h6-15H,5,16-17H2,1-4H3. The zero-order valence-corrected chi connectivity index (χ0v) is 20.2. The van der Waals surface area contributed by atoms with Crippen LogP contribution >= 0.6 is 0 Å². The number of hydrogen-bond acceptors (Lipinski definition) is 8. The third-order valence-electron chi connectivity index (χ3n) is 5.29. The van der Waals surface area contributed by atoms with Crippen molar-refractivity contribution >= 4 is 24.1 Å². The van der Waals surface area contributed by atoms with Gasteiger partial charge in [0, 0.05) is 44.1 Å².